The van der Waals surface area contributed by atoms with E-state index in [1.807, 2.05) is 28.8 Å². The minimum Gasteiger partial charge on any atom is -0.387 e. The van der Waals surface area contributed by atoms with Crippen molar-refractivity contribution >= 4 is 5.65 Å². The van der Waals surface area contributed by atoms with Gasteiger partial charge in [-0.15, -0.1) is 0 Å². The maximum Gasteiger partial charge on any atom is 0.137 e. The van der Waals surface area contributed by atoms with Crippen molar-refractivity contribution in [3.8, 4) is 0 Å². The number of nitrogens with zero attached hydrogens (tertiary/aromatic N) is 2. The van der Waals surface area contributed by atoms with E-state index in [4.69, 9.17) is 0 Å². The summed E-state index contributed by atoms with van der Waals surface area (Å²) in [5.41, 5.74) is 2.69. The zero-order valence-corrected chi connectivity index (χ0v) is 10.2. The molecule has 0 aromatic carbocycles. The fraction of sp³-hybridized carbons (Fsp3) is 0.462. The Bertz CT molecular complexity index is 506. The van der Waals surface area contributed by atoms with Gasteiger partial charge in [0, 0.05) is 11.6 Å². The predicted molar refractivity (Wildman–Crippen MR) is 64.5 cm³/mol. The molecule has 3 heteroatoms. The van der Waals surface area contributed by atoms with E-state index in [2.05, 4.69) is 25.8 Å². The van der Waals surface area contributed by atoms with Gasteiger partial charge in [0.2, 0.25) is 0 Å². The quantitative estimate of drug-likeness (QED) is 0.799. The zero-order valence-electron chi connectivity index (χ0n) is 10.2. The molecule has 1 unspecified atom stereocenters. The van der Waals surface area contributed by atoms with E-state index >= 15 is 0 Å². The minimum absolute atomic E-state index is 0.0572. The second-order valence-corrected chi connectivity index (χ2v) is 5.20. The first kappa shape index (κ1) is 11.1. The molecular formula is C13H18N2O. The molecule has 16 heavy (non-hydrogen) atoms. The molecule has 2 aromatic heterocycles. The van der Waals surface area contributed by atoms with Crippen LogP contribution in [0, 0.1) is 0 Å². The molecular weight excluding hydrogens is 200 g/mol. The van der Waals surface area contributed by atoms with Gasteiger partial charge in [-0.1, -0.05) is 26.8 Å². The number of aliphatic hydroxyl groups is 1. The first-order valence-corrected chi connectivity index (χ1v) is 5.57. The molecule has 0 aliphatic carbocycles. The molecule has 0 spiro atoms. The molecule has 1 atom stereocenters. The Balaban J connectivity index is 2.78. The van der Waals surface area contributed by atoms with Crippen molar-refractivity contribution in [1.29, 1.82) is 0 Å². The summed E-state index contributed by atoms with van der Waals surface area (Å²) in [5, 5.41) is 9.89. The van der Waals surface area contributed by atoms with Gasteiger partial charge < -0.3 is 9.51 Å². The average Bonchev–Trinajstić information content (AvgIpc) is 2.55. The van der Waals surface area contributed by atoms with E-state index in [0.29, 0.717) is 0 Å². The van der Waals surface area contributed by atoms with Crippen LogP contribution in [0.4, 0.5) is 0 Å². The second-order valence-electron chi connectivity index (χ2n) is 5.20. The molecule has 0 aliphatic rings. The molecule has 1 N–H and O–H groups in total. The third-order valence-corrected chi connectivity index (χ3v) is 2.67. The van der Waals surface area contributed by atoms with Crippen LogP contribution < -0.4 is 0 Å². The lowest BCUT2D eigenvalue weighted by atomic mass is 9.89. The summed E-state index contributed by atoms with van der Waals surface area (Å²) in [7, 11) is 0. The van der Waals surface area contributed by atoms with Gasteiger partial charge in [-0.25, -0.2) is 4.98 Å². The molecule has 0 fully saturated rings. The summed E-state index contributed by atoms with van der Waals surface area (Å²) in [5.74, 6) is 0. The number of hydrogen-bond acceptors (Lipinski definition) is 2. The van der Waals surface area contributed by atoms with Crippen LogP contribution >= 0.6 is 0 Å². The van der Waals surface area contributed by atoms with Crippen molar-refractivity contribution < 1.29 is 5.11 Å². The van der Waals surface area contributed by atoms with E-state index in [1.54, 1.807) is 6.92 Å². The molecule has 0 radical (unpaired) electrons. The van der Waals surface area contributed by atoms with Crippen LogP contribution in [-0.2, 0) is 5.41 Å². The van der Waals surface area contributed by atoms with E-state index < -0.39 is 6.10 Å². The highest BCUT2D eigenvalue weighted by Crippen LogP contribution is 2.29. The number of fused-ring (bicyclic) bond motifs is 1. The molecule has 0 saturated carbocycles. The van der Waals surface area contributed by atoms with Crippen LogP contribution in [0.5, 0.6) is 0 Å². The van der Waals surface area contributed by atoms with Gasteiger partial charge >= 0.3 is 0 Å². The van der Waals surface area contributed by atoms with Crippen LogP contribution in [-0.4, -0.2) is 14.5 Å². The van der Waals surface area contributed by atoms with Gasteiger partial charge in [0.05, 0.1) is 17.5 Å². The van der Waals surface area contributed by atoms with Gasteiger partial charge in [0.25, 0.3) is 0 Å². The predicted octanol–water partition coefficient (Wildman–Crippen LogP) is 2.69. The zero-order chi connectivity index (χ0) is 11.9. The topological polar surface area (TPSA) is 37.5 Å². The molecule has 0 saturated heterocycles. The maximum absolute atomic E-state index is 9.89. The van der Waals surface area contributed by atoms with Crippen LogP contribution in [0.2, 0.25) is 0 Å². The summed E-state index contributed by atoms with van der Waals surface area (Å²) in [6.07, 6.45) is 1.44. The Morgan fingerprint density at radius 3 is 2.56 bits per heavy atom. The molecule has 0 amide bonds. The summed E-state index contributed by atoms with van der Waals surface area (Å²) < 4.78 is 1.96. The van der Waals surface area contributed by atoms with Gasteiger partial charge in [-0.2, -0.15) is 0 Å². The molecule has 2 heterocycles. The second kappa shape index (κ2) is 3.59. The molecule has 2 aromatic rings. The van der Waals surface area contributed by atoms with Gasteiger partial charge in [0.1, 0.15) is 5.65 Å². The first-order valence-electron chi connectivity index (χ1n) is 5.57. The molecule has 0 aliphatic heterocycles. The lowest BCUT2D eigenvalue weighted by Crippen LogP contribution is -2.16. The standard InChI is InChI=1S/C13H18N2O/c1-9(16)11-12(13(2,3)4)14-10-7-5-6-8-15(10)11/h5-9,16H,1-4H3. The fourth-order valence-corrected chi connectivity index (χ4v) is 1.97. The van der Waals surface area contributed by atoms with E-state index in [0.717, 1.165) is 17.0 Å². The Kier molecular flexibility index (Phi) is 2.50. The number of hydrogen-bond donors (Lipinski definition) is 1. The largest absolute Gasteiger partial charge is 0.387 e. The first-order chi connectivity index (χ1) is 7.41. The lowest BCUT2D eigenvalue weighted by molar-refractivity contribution is 0.190. The highest BCUT2D eigenvalue weighted by molar-refractivity contribution is 5.45. The number of imidazole rings is 1. The molecule has 86 valence electrons. The third kappa shape index (κ3) is 1.71. The Labute approximate surface area is 95.8 Å². The summed E-state index contributed by atoms with van der Waals surface area (Å²) >= 11 is 0. The summed E-state index contributed by atoms with van der Waals surface area (Å²) in [4.78, 5) is 4.61. The molecule has 2 rings (SSSR count). The van der Waals surface area contributed by atoms with E-state index in [9.17, 15) is 5.11 Å². The Morgan fingerprint density at radius 2 is 2.00 bits per heavy atom. The lowest BCUT2D eigenvalue weighted by Gasteiger charge is -2.19. The number of pyridine rings is 1. The van der Waals surface area contributed by atoms with Crippen LogP contribution in [0.3, 0.4) is 0 Å². The number of aliphatic hydroxyl groups excluding tert-OH is 1. The third-order valence-electron chi connectivity index (χ3n) is 2.67. The van der Waals surface area contributed by atoms with E-state index in [1.165, 1.54) is 0 Å². The molecule has 3 nitrogen and oxygen atoms in total. The highest BCUT2D eigenvalue weighted by Gasteiger charge is 2.25. The monoisotopic (exact) mass is 218 g/mol. The van der Waals surface area contributed by atoms with Crippen molar-refractivity contribution in [1.82, 2.24) is 9.38 Å². The number of rotatable bonds is 1. The fourth-order valence-electron chi connectivity index (χ4n) is 1.97. The van der Waals surface area contributed by atoms with Gasteiger partial charge in [0.15, 0.2) is 0 Å². The highest BCUT2D eigenvalue weighted by atomic mass is 16.3. The van der Waals surface area contributed by atoms with Gasteiger partial charge in [-0.3, -0.25) is 0 Å². The summed E-state index contributed by atoms with van der Waals surface area (Å²) in [6, 6.07) is 5.87. The van der Waals surface area contributed by atoms with E-state index in [-0.39, 0.29) is 5.41 Å². The van der Waals surface area contributed by atoms with Crippen LogP contribution in [0.25, 0.3) is 5.65 Å². The minimum atomic E-state index is -0.508. The maximum atomic E-state index is 9.89. The van der Waals surface area contributed by atoms with Crippen molar-refractivity contribution in [3.05, 3.63) is 35.8 Å². The SMILES string of the molecule is CC(O)c1c(C(C)(C)C)nc2ccccn12. The van der Waals surface area contributed by atoms with Crippen molar-refractivity contribution in [2.75, 3.05) is 0 Å². The summed E-state index contributed by atoms with van der Waals surface area (Å²) in [6.45, 7) is 8.12. The Hall–Kier alpha value is -1.35. The Morgan fingerprint density at radius 1 is 1.31 bits per heavy atom. The molecule has 0 bridgehead atoms. The van der Waals surface area contributed by atoms with Crippen LogP contribution in [0.1, 0.15) is 45.2 Å². The van der Waals surface area contributed by atoms with Crippen LogP contribution in [0.15, 0.2) is 24.4 Å². The van der Waals surface area contributed by atoms with Crippen molar-refractivity contribution in [2.24, 2.45) is 0 Å². The van der Waals surface area contributed by atoms with Crippen molar-refractivity contribution in [2.45, 2.75) is 39.2 Å². The number of aromatic nitrogens is 2. The average molecular weight is 218 g/mol. The normalized spacial score (nSPS) is 14.3. The van der Waals surface area contributed by atoms with Gasteiger partial charge in [-0.05, 0) is 19.1 Å². The van der Waals surface area contributed by atoms with Crippen molar-refractivity contribution in [3.63, 3.8) is 0 Å². The smallest absolute Gasteiger partial charge is 0.137 e.